The van der Waals surface area contributed by atoms with Crippen LogP contribution in [0.5, 0.6) is 0 Å². The van der Waals surface area contributed by atoms with Crippen molar-refractivity contribution < 1.29 is 14.7 Å². The molecule has 5 aliphatic rings. The van der Waals surface area contributed by atoms with Gasteiger partial charge in [-0.25, -0.2) is 4.79 Å². The van der Waals surface area contributed by atoms with E-state index in [0.717, 1.165) is 58.0 Å². The summed E-state index contributed by atoms with van der Waals surface area (Å²) in [6.45, 7) is 3.05. The summed E-state index contributed by atoms with van der Waals surface area (Å²) in [7, 11) is 0. The van der Waals surface area contributed by atoms with Gasteiger partial charge >= 0.3 is 6.03 Å². The van der Waals surface area contributed by atoms with E-state index in [1.54, 1.807) is 6.92 Å². The Balaban J connectivity index is 1.32. The molecule has 24 heavy (non-hydrogen) atoms. The Hall–Kier alpha value is -1.30. The van der Waals surface area contributed by atoms with E-state index in [9.17, 15) is 14.7 Å². The van der Waals surface area contributed by atoms with Gasteiger partial charge in [-0.3, -0.25) is 4.79 Å². The second-order valence-electron chi connectivity index (χ2n) is 8.62. The number of aliphatic hydroxyl groups is 1. The summed E-state index contributed by atoms with van der Waals surface area (Å²) in [5.41, 5.74) is -0.0973. The van der Waals surface area contributed by atoms with E-state index in [1.165, 1.54) is 0 Å². The molecule has 4 aliphatic carbocycles. The highest BCUT2D eigenvalue weighted by atomic mass is 16.3. The largest absolute Gasteiger partial charge is 0.393 e. The smallest absolute Gasteiger partial charge is 0.315 e. The summed E-state index contributed by atoms with van der Waals surface area (Å²) in [6.07, 6.45) is 6.69. The number of carbonyl (C=O) groups is 2. The lowest BCUT2D eigenvalue weighted by Gasteiger charge is -2.58. The lowest BCUT2D eigenvalue weighted by atomic mass is 9.52. The van der Waals surface area contributed by atoms with Gasteiger partial charge in [-0.05, 0) is 62.7 Å². The number of amides is 3. The first kappa shape index (κ1) is 16.2. The number of hydrogen-bond donors (Lipinski definition) is 3. The number of piperidine rings is 1. The minimum atomic E-state index is -0.157. The Bertz CT molecular complexity index is 514. The normalized spacial score (nSPS) is 41.3. The summed E-state index contributed by atoms with van der Waals surface area (Å²) < 4.78 is 0. The van der Waals surface area contributed by atoms with E-state index >= 15 is 0 Å². The highest BCUT2D eigenvalue weighted by Gasteiger charge is 2.55. The van der Waals surface area contributed by atoms with Gasteiger partial charge in [0, 0.05) is 31.6 Å². The summed E-state index contributed by atoms with van der Waals surface area (Å²) in [6, 6.07) is 0.0906. The van der Waals surface area contributed by atoms with Crippen molar-refractivity contribution in [3.05, 3.63) is 0 Å². The molecule has 134 valence electrons. The van der Waals surface area contributed by atoms with Crippen LogP contribution in [0.3, 0.4) is 0 Å². The molecule has 6 heteroatoms. The third-order valence-corrected chi connectivity index (χ3v) is 6.88. The highest BCUT2D eigenvalue weighted by Crippen LogP contribution is 2.55. The average molecular weight is 335 g/mol. The van der Waals surface area contributed by atoms with Crippen LogP contribution in [-0.4, -0.2) is 52.7 Å². The first-order valence-electron chi connectivity index (χ1n) is 9.46. The predicted octanol–water partition coefficient (Wildman–Crippen LogP) is 1.24. The van der Waals surface area contributed by atoms with Gasteiger partial charge in [0.25, 0.3) is 0 Å². The van der Waals surface area contributed by atoms with Crippen LogP contribution >= 0.6 is 0 Å². The predicted molar refractivity (Wildman–Crippen MR) is 89.2 cm³/mol. The van der Waals surface area contributed by atoms with Crippen molar-refractivity contribution in [2.75, 3.05) is 13.1 Å². The molecule has 0 aromatic heterocycles. The molecule has 6 nitrogen and oxygen atoms in total. The number of likely N-dealkylation sites (tertiary alicyclic amines) is 1. The van der Waals surface area contributed by atoms with Gasteiger partial charge in [0.05, 0.1) is 6.10 Å². The molecular formula is C18H29N3O3. The Morgan fingerprint density at radius 1 is 1.08 bits per heavy atom. The molecule has 3 N–H and O–H groups in total. The molecular weight excluding hydrogens is 306 g/mol. The maximum absolute atomic E-state index is 12.5. The van der Waals surface area contributed by atoms with Gasteiger partial charge in [0.15, 0.2) is 0 Å². The Kier molecular flexibility index (Phi) is 3.98. The Labute approximate surface area is 143 Å². The van der Waals surface area contributed by atoms with Gasteiger partial charge in [-0.2, -0.15) is 0 Å². The zero-order chi connectivity index (χ0) is 16.9. The van der Waals surface area contributed by atoms with Crippen LogP contribution in [0.2, 0.25) is 0 Å². The summed E-state index contributed by atoms with van der Waals surface area (Å²) in [5.74, 6) is 1.53. The van der Waals surface area contributed by atoms with Crippen molar-refractivity contribution in [3.8, 4) is 0 Å². The van der Waals surface area contributed by atoms with E-state index in [2.05, 4.69) is 10.6 Å². The molecule has 0 aromatic rings. The van der Waals surface area contributed by atoms with Crippen molar-refractivity contribution in [2.24, 2.45) is 17.8 Å². The second-order valence-corrected chi connectivity index (χ2v) is 8.62. The highest BCUT2D eigenvalue weighted by molar-refractivity contribution is 5.75. The van der Waals surface area contributed by atoms with Gasteiger partial charge < -0.3 is 20.6 Å². The maximum atomic E-state index is 12.5. The third-order valence-electron chi connectivity index (χ3n) is 6.88. The molecule has 0 radical (unpaired) electrons. The number of nitrogens with one attached hydrogen (secondary N) is 2. The van der Waals surface area contributed by atoms with E-state index in [4.69, 9.17) is 0 Å². The molecule has 1 aliphatic heterocycles. The van der Waals surface area contributed by atoms with E-state index in [1.807, 2.05) is 4.90 Å². The standard InChI is InChI=1S/C18H29N3O3/c1-11(22)21-4-2-15(3-5-21)19-17(24)20-18-8-12-6-13(9-18)16(23)14(7-12)10-18/h12-16,23H,2-10H2,1H3,(H2,19,20,24)/t12?,13-,14-,16?,18?/m0/s1. The molecule has 4 saturated carbocycles. The first-order valence-corrected chi connectivity index (χ1v) is 9.46. The zero-order valence-corrected chi connectivity index (χ0v) is 14.5. The molecule has 5 fully saturated rings. The number of nitrogens with zero attached hydrogens (tertiary/aromatic N) is 1. The quantitative estimate of drug-likeness (QED) is 0.710. The fraction of sp³-hybridized carbons (Fsp3) is 0.889. The van der Waals surface area contributed by atoms with Crippen molar-refractivity contribution in [1.29, 1.82) is 0 Å². The van der Waals surface area contributed by atoms with Gasteiger partial charge in [-0.15, -0.1) is 0 Å². The first-order chi connectivity index (χ1) is 11.4. The van der Waals surface area contributed by atoms with E-state index < -0.39 is 0 Å². The van der Waals surface area contributed by atoms with Crippen LogP contribution in [0.1, 0.15) is 51.9 Å². The van der Waals surface area contributed by atoms with Crippen LogP contribution in [-0.2, 0) is 4.79 Å². The summed E-state index contributed by atoms with van der Waals surface area (Å²) in [5, 5.41) is 16.7. The van der Waals surface area contributed by atoms with E-state index in [-0.39, 0.29) is 29.6 Å². The average Bonchev–Trinajstić information content (AvgIpc) is 2.51. The summed E-state index contributed by atoms with van der Waals surface area (Å²) in [4.78, 5) is 25.7. The molecule has 1 saturated heterocycles. The molecule has 0 aromatic carbocycles. The van der Waals surface area contributed by atoms with E-state index in [0.29, 0.717) is 17.8 Å². The molecule has 5 rings (SSSR count). The lowest BCUT2D eigenvalue weighted by molar-refractivity contribution is -0.129. The van der Waals surface area contributed by atoms with Crippen molar-refractivity contribution in [1.82, 2.24) is 15.5 Å². The van der Waals surface area contributed by atoms with Crippen LogP contribution in [0, 0.1) is 17.8 Å². The van der Waals surface area contributed by atoms with Crippen molar-refractivity contribution in [3.63, 3.8) is 0 Å². The molecule has 2 atom stereocenters. The molecule has 0 spiro atoms. The minimum absolute atomic E-state index is 0.0623. The second kappa shape index (κ2) is 5.90. The minimum Gasteiger partial charge on any atom is -0.393 e. The maximum Gasteiger partial charge on any atom is 0.315 e. The number of hydrogen-bond acceptors (Lipinski definition) is 3. The summed E-state index contributed by atoms with van der Waals surface area (Å²) >= 11 is 0. The topological polar surface area (TPSA) is 81.7 Å². The van der Waals surface area contributed by atoms with Crippen LogP contribution < -0.4 is 10.6 Å². The number of rotatable bonds is 2. The number of urea groups is 1. The van der Waals surface area contributed by atoms with Gasteiger partial charge in [-0.1, -0.05) is 0 Å². The molecule has 4 bridgehead atoms. The third kappa shape index (κ3) is 2.89. The molecule has 0 unspecified atom stereocenters. The monoisotopic (exact) mass is 335 g/mol. The molecule has 3 amide bonds. The Morgan fingerprint density at radius 2 is 1.71 bits per heavy atom. The number of carbonyl (C=O) groups excluding carboxylic acids is 2. The van der Waals surface area contributed by atoms with Crippen LogP contribution in [0.4, 0.5) is 4.79 Å². The van der Waals surface area contributed by atoms with Crippen LogP contribution in [0.25, 0.3) is 0 Å². The van der Waals surface area contributed by atoms with Crippen LogP contribution in [0.15, 0.2) is 0 Å². The molecule has 1 heterocycles. The van der Waals surface area contributed by atoms with Crippen molar-refractivity contribution in [2.45, 2.75) is 69.6 Å². The fourth-order valence-electron chi connectivity index (χ4n) is 5.95. The van der Waals surface area contributed by atoms with Crippen molar-refractivity contribution >= 4 is 11.9 Å². The lowest BCUT2D eigenvalue weighted by Crippen LogP contribution is -2.65. The van der Waals surface area contributed by atoms with Gasteiger partial charge in [0.2, 0.25) is 5.91 Å². The zero-order valence-electron chi connectivity index (χ0n) is 14.5. The Morgan fingerprint density at radius 3 is 2.29 bits per heavy atom. The van der Waals surface area contributed by atoms with Gasteiger partial charge in [0.1, 0.15) is 0 Å². The fourth-order valence-corrected chi connectivity index (χ4v) is 5.95. The SMILES string of the molecule is CC(=O)N1CCC(NC(=O)NC23CC4C[C@@H](C2)C(O)[C@@H](C4)C3)CC1. The number of aliphatic hydroxyl groups excluding tert-OH is 1.